The molecule has 2 aliphatic rings. The van der Waals surface area contributed by atoms with E-state index in [9.17, 15) is 9.59 Å². The van der Waals surface area contributed by atoms with Crippen LogP contribution in [0, 0.1) is 5.92 Å². The van der Waals surface area contributed by atoms with Gasteiger partial charge in [0.2, 0.25) is 11.4 Å². The zero-order chi connectivity index (χ0) is 21.6. The molecule has 2 atom stereocenters. The number of Topliss-reactive ketones (excluding diaryl/α,β-unsaturated/α-hetero) is 1. The fraction of sp³-hybridized carbons (Fsp3) is 0.318. The highest BCUT2D eigenvalue weighted by atomic mass is 35.5. The number of hydrogen-bond acceptors (Lipinski definition) is 7. The van der Waals surface area contributed by atoms with E-state index in [-0.39, 0.29) is 34.3 Å². The molecule has 1 aliphatic carbocycles. The summed E-state index contributed by atoms with van der Waals surface area (Å²) in [4.78, 5) is 32.2. The number of ketones is 2. The summed E-state index contributed by atoms with van der Waals surface area (Å²) >= 11 is 6.51. The monoisotopic (exact) mass is 428 g/mol. The number of halogens is 1. The van der Waals surface area contributed by atoms with Crippen LogP contribution in [0.3, 0.4) is 0 Å². The Kier molecular flexibility index (Phi) is 4.94. The Morgan fingerprint density at radius 2 is 1.87 bits per heavy atom. The molecule has 7 nitrogen and oxygen atoms in total. The predicted octanol–water partition coefficient (Wildman–Crippen LogP) is 3.70. The van der Waals surface area contributed by atoms with Crippen molar-refractivity contribution in [1.29, 1.82) is 0 Å². The lowest BCUT2D eigenvalue weighted by Gasteiger charge is -2.41. The number of pyridine rings is 1. The molecule has 0 amide bonds. The minimum atomic E-state index is -1.42. The summed E-state index contributed by atoms with van der Waals surface area (Å²) in [6, 6.07) is 5.15. The van der Waals surface area contributed by atoms with E-state index in [1.54, 1.807) is 42.5 Å². The summed E-state index contributed by atoms with van der Waals surface area (Å²) in [6.45, 7) is 1.83. The first-order chi connectivity index (χ1) is 14.3. The second kappa shape index (κ2) is 7.32. The molecule has 4 rings (SSSR count). The van der Waals surface area contributed by atoms with Crippen molar-refractivity contribution in [2.24, 2.45) is 5.92 Å². The Morgan fingerprint density at radius 1 is 1.20 bits per heavy atom. The number of carbonyl (C=O) groups excluding carboxylic acids is 2. The first kappa shape index (κ1) is 20.2. The van der Waals surface area contributed by atoms with Crippen molar-refractivity contribution in [3.05, 3.63) is 53.0 Å². The maximum Gasteiger partial charge on any atom is 0.220 e. The molecular weight excluding hydrogens is 408 g/mol. The summed E-state index contributed by atoms with van der Waals surface area (Å²) in [6.07, 6.45) is 4.93. The Balaban J connectivity index is 1.93. The molecule has 0 saturated heterocycles. The van der Waals surface area contributed by atoms with E-state index in [1.165, 1.54) is 20.3 Å². The third kappa shape index (κ3) is 2.76. The number of benzene rings is 1. The number of nitrogens with zero attached hydrogens (tertiary/aromatic N) is 2. The number of hydrogen-bond donors (Lipinski definition) is 0. The largest absolute Gasteiger partial charge is 0.496 e. The number of carbonyl (C=O) groups is 2. The Bertz CT molecular complexity index is 1070. The smallest absolute Gasteiger partial charge is 0.220 e. The minimum Gasteiger partial charge on any atom is -0.496 e. The van der Waals surface area contributed by atoms with Crippen molar-refractivity contribution in [1.82, 2.24) is 4.98 Å². The zero-order valence-electron chi connectivity index (χ0n) is 17.1. The first-order valence-corrected chi connectivity index (χ1v) is 9.80. The summed E-state index contributed by atoms with van der Waals surface area (Å²) < 4.78 is 17.1. The number of fused-ring (bicyclic) bond motifs is 1. The van der Waals surface area contributed by atoms with Crippen LogP contribution in [0.1, 0.15) is 23.7 Å². The van der Waals surface area contributed by atoms with Crippen LogP contribution in [0.4, 0.5) is 5.69 Å². The van der Waals surface area contributed by atoms with E-state index in [1.807, 2.05) is 6.92 Å². The standard InChI is InChI=1S/C22H21ClN2O5/c1-12-9-14(26)10-17(25(2)13-5-7-24-8-6-13)22(12)21(27)18-15(28-3)11-16(29-4)19(23)20(18)30-22/h5-8,10-12H,9H2,1-4H3/t12-,22+/m1/s1. The number of likely N-dealkylation sites (N-methyl/N-ethyl adjacent to an activating group) is 1. The molecular formula is C22H21ClN2O5. The molecule has 2 heterocycles. The van der Waals surface area contributed by atoms with E-state index in [0.717, 1.165) is 5.69 Å². The molecule has 0 unspecified atom stereocenters. The number of ether oxygens (including phenoxy) is 3. The van der Waals surface area contributed by atoms with Crippen LogP contribution in [0.25, 0.3) is 0 Å². The van der Waals surface area contributed by atoms with Crippen LogP contribution in [0.2, 0.25) is 5.02 Å². The molecule has 0 fully saturated rings. The Labute approximate surface area is 179 Å². The quantitative estimate of drug-likeness (QED) is 0.734. The first-order valence-electron chi connectivity index (χ1n) is 9.42. The lowest BCUT2D eigenvalue weighted by molar-refractivity contribution is -0.117. The average molecular weight is 429 g/mol. The lowest BCUT2D eigenvalue weighted by Crippen LogP contribution is -2.55. The topological polar surface area (TPSA) is 78.0 Å². The minimum absolute atomic E-state index is 0.0768. The molecule has 1 spiro atoms. The summed E-state index contributed by atoms with van der Waals surface area (Å²) in [5.74, 6) is 0.0416. The summed E-state index contributed by atoms with van der Waals surface area (Å²) in [7, 11) is 4.73. The van der Waals surface area contributed by atoms with Crippen molar-refractivity contribution in [3.63, 3.8) is 0 Å². The Hall–Kier alpha value is -3.06. The summed E-state index contributed by atoms with van der Waals surface area (Å²) in [5, 5.41) is 0.188. The van der Waals surface area contributed by atoms with Gasteiger partial charge in [-0.1, -0.05) is 18.5 Å². The van der Waals surface area contributed by atoms with Crippen molar-refractivity contribution < 1.29 is 23.8 Å². The molecule has 1 aromatic carbocycles. The predicted molar refractivity (Wildman–Crippen MR) is 112 cm³/mol. The van der Waals surface area contributed by atoms with E-state index in [0.29, 0.717) is 17.2 Å². The van der Waals surface area contributed by atoms with Gasteiger partial charge in [0.15, 0.2) is 11.5 Å². The second-order valence-corrected chi connectivity index (χ2v) is 7.71. The molecule has 0 radical (unpaired) electrons. The zero-order valence-corrected chi connectivity index (χ0v) is 17.8. The third-order valence-corrected chi connectivity index (χ3v) is 6.07. The van der Waals surface area contributed by atoms with Crippen LogP contribution in [-0.4, -0.2) is 43.4 Å². The molecule has 1 aliphatic heterocycles. The van der Waals surface area contributed by atoms with Crippen LogP contribution in [0.15, 0.2) is 42.4 Å². The van der Waals surface area contributed by atoms with Crippen LogP contribution >= 0.6 is 11.6 Å². The van der Waals surface area contributed by atoms with E-state index >= 15 is 0 Å². The summed E-state index contributed by atoms with van der Waals surface area (Å²) in [5.41, 5.74) is 0.0344. The highest BCUT2D eigenvalue weighted by Gasteiger charge is 2.59. The fourth-order valence-electron chi connectivity index (χ4n) is 4.16. The van der Waals surface area contributed by atoms with Crippen molar-refractivity contribution in [3.8, 4) is 17.2 Å². The van der Waals surface area contributed by atoms with Gasteiger partial charge in [-0.3, -0.25) is 14.6 Å². The van der Waals surface area contributed by atoms with E-state index in [4.69, 9.17) is 25.8 Å². The molecule has 2 aromatic rings. The van der Waals surface area contributed by atoms with Gasteiger partial charge in [-0.15, -0.1) is 0 Å². The van der Waals surface area contributed by atoms with Gasteiger partial charge in [0.25, 0.3) is 0 Å². The van der Waals surface area contributed by atoms with Gasteiger partial charge in [0.05, 0.1) is 19.9 Å². The van der Waals surface area contributed by atoms with Crippen LogP contribution < -0.4 is 19.1 Å². The number of rotatable bonds is 4. The maximum absolute atomic E-state index is 13.9. The maximum atomic E-state index is 13.9. The number of anilines is 1. The fourth-order valence-corrected chi connectivity index (χ4v) is 4.43. The molecule has 8 heteroatoms. The SMILES string of the molecule is COc1cc(OC)c2c(c1Cl)O[C@]1(C2=O)C(N(C)c2ccncc2)=CC(=O)C[C@H]1C. The van der Waals surface area contributed by atoms with Crippen LogP contribution in [0.5, 0.6) is 17.2 Å². The molecule has 30 heavy (non-hydrogen) atoms. The van der Waals surface area contributed by atoms with E-state index < -0.39 is 11.5 Å². The normalized spacial score (nSPS) is 22.4. The highest BCUT2D eigenvalue weighted by molar-refractivity contribution is 6.35. The highest BCUT2D eigenvalue weighted by Crippen LogP contribution is 2.55. The molecule has 0 bridgehead atoms. The van der Waals surface area contributed by atoms with E-state index in [2.05, 4.69) is 4.98 Å². The average Bonchev–Trinajstić information content (AvgIpc) is 3.06. The lowest BCUT2D eigenvalue weighted by atomic mass is 9.74. The molecule has 0 N–H and O–H groups in total. The number of allylic oxidation sites excluding steroid dienone is 1. The molecule has 156 valence electrons. The van der Waals surface area contributed by atoms with Gasteiger partial charge in [0, 0.05) is 49.6 Å². The van der Waals surface area contributed by atoms with Gasteiger partial charge in [-0.05, 0) is 12.1 Å². The van der Waals surface area contributed by atoms with Crippen molar-refractivity contribution >= 4 is 28.9 Å². The second-order valence-electron chi connectivity index (χ2n) is 7.33. The van der Waals surface area contributed by atoms with Gasteiger partial charge in [-0.25, -0.2) is 0 Å². The number of aromatic nitrogens is 1. The van der Waals surface area contributed by atoms with Crippen molar-refractivity contribution in [2.45, 2.75) is 18.9 Å². The number of methoxy groups -OCH3 is 2. The molecule has 0 saturated carbocycles. The Morgan fingerprint density at radius 3 is 2.50 bits per heavy atom. The van der Waals surface area contributed by atoms with Gasteiger partial charge >= 0.3 is 0 Å². The van der Waals surface area contributed by atoms with Gasteiger partial charge in [-0.2, -0.15) is 0 Å². The van der Waals surface area contributed by atoms with Crippen LogP contribution in [-0.2, 0) is 4.79 Å². The molecule has 1 aromatic heterocycles. The van der Waals surface area contributed by atoms with Gasteiger partial charge < -0.3 is 19.1 Å². The van der Waals surface area contributed by atoms with Gasteiger partial charge in [0.1, 0.15) is 22.1 Å². The van der Waals surface area contributed by atoms with Crippen molar-refractivity contribution in [2.75, 3.05) is 26.2 Å². The third-order valence-electron chi connectivity index (χ3n) is 5.71.